The number of carbonyl (C=O) groups is 1. The van der Waals surface area contributed by atoms with Gasteiger partial charge in [0.15, 0.2) is 0 Å². The average molecular weight is 325 g/mol. The van der Waals surface area contributed by atoms with Gasteiger partial charge in [0.2, 0.25) is 0 Å². The highest BCUT2D eigenvalue weighted by atomic mass is 79.9. The Kier molecular flexibility index (Phi) is 3.85. The maximum atomic E-state index is 13.5. The van der Waals surface area contributed by atoms with E-state index in [2.05, 4.69) is 15.9 Å². The van der Waals surface area contributed by atoms with Crippen LogP contribution in [0.1, 0.15) is 15.9 Å². The molecule has 98 valence electrons. The minimum Gasteiger partial charge on any atom is -0.477 e. The van der Waals surface area contributed by atoms with E-state index in [1.807, 2.05) is 13.0 Å². The molecule has 1 N–H and O–H groups in total. The Labute approximate surface area is 117 Å². The zero-order valence-corrected chi connectivity index (χ0v) is 11.6. The molecule has 0 heterocycles. The van der Waals surface area contributed by atoms with Crippen molar-refractivity contribution in [3.63, 3.8) is 0 Å². The molecule has 0 spiro atoms. The van der Waals surface area contributed by atoms with Crippen LogP contribution in [0.25, 0.3) is 0 Å². The standard InChI is InChI=1S/C14H10BrFO3/c1-8-7-9(15)5-6-11(8)19-12-4-2-3-10(16)13(12)14(17)18/h2-7H,1H3,(H,17,18). The minimum atomic E-state index is -1.36. The minimum absolute atomic E-state index is 0.0158. The molecule has 0 fully saturated rings. The van der Waals surface area contributed by atoms with Gasteiger partial charge in [-0.25, -0.2) is 9.18 Å². The van der Waals surface area contributed by atoms with Gasteiger partial charge < -0.3 is 9.84 Å². The molecule has 2 aromatic rings. The first-order valence-electron chi connectivity index (χ1n) is 5.45. The molecule has 19 heavy (non-hydrogen) atoms. The maximum Gasteiger partial charge on any atom is 0.342 e. The second-order valence-electron chi connectivity index (χ2n) is 3.93. The van der Waals surface area contributed by atoms with Crippen LogP contribution in [-0.4, -0.2) is 11.1 Å². The van der Waals surface area contributed by atoms with E-state index in [1.165, 1.54) is 12.1 Å². The van der Waals surface area contributed by atoms with Gasteiger partial charge in [-0.2, -0.15) is 0 Å². The molecule has 0 aliphatic rings. The van der Waals surface area contributed by atoms with Gasteiger partial charge in [-0.15, -0.1) is 0 Å². The van der Waals surface area contributed by atoms with Crippen molar-refractivity contribution in [2.75, 3.05) is 0 Å². The van der Waals surface area contributed by atoms with Gasteiger partial charge in [0, 0.05) is 4.47 Å². The SMILES string of the molecule is Cc1cc(Br)ccc1Oc1cccc(F)c1C(=O)O. The number of carboxylic acid groups (broad SMARTS) is 1. The molecule has 2 aromatic carbocycles. The molecule has 0 unspecified atom stereocenters. The molecular formula is C14H10BrFO3. The second-order valence-corrected chi connectivity index (χ2v) is 4.85. The summed E-state index contributed by atoms with van der Waals surface area (Å²) in [5, 5.41) is 9.01. The lowest BCUT2D eigenvalue weighted by atomic mass is 10.2. The first-order chi connectivity index (χ1) is 8.99. The topological polar surface area (TPSA) is 46.5 Å². The van der Waals surface area contributed by atoms with Gasteiger partial charge >= 0.3 is 5.97 Å². The van der Waals surface area contributed by atoms with Gasteiger partial charge in [-0.3, -0.25) is 0 Å². The van der Waals surface area contributed by atoms with Crippen molar-refractivity contribution >= 4 is 21.9 Å². The number of carboxylic acids is 1. The lowest BCUT2D eigenvalue weighted by molar-refractivity contribution is 0.0689. The van der Waals surface area contributed by atoms with Gasteiger partial charge in [0.1, 0.15) is 22.9 Å². The van der Waals surface area contributed by atoms with E-state index in [0.29, 0.717) is 5.75 Å². The molecule has 0 atom stereocenters. The summed E-state index contributed by atoms with van der Waals surface area (Å²) < 4.78 is 19.9. The molecular weight excluding hydrogens is 315 g/mol. The van der Waals surface area contributed by atoms with E-state index >= 15 is 0 Å². The number of ether oxygens (including phenoxy) is 1. The molecule has 0 radical (unpaired) electrons. The van der Waals surface area contributed by atoms with E-state index in [4.69, 9.17) is 9.84 Å². The zero-order chi connectivity index (χ0) is 14.0. The Morgan fingerprint density at radius 3 is 2.63 bits per heavy atom. The highest BCUT2D eigenvalue weighted by molar-refractivity contribution is 9.10. The number of aryl methyl sites for hydroxylation is 1. The van der Waals surface area contributed by atoms with Crippen molar-refractivity contribution < 1.29 is 19.0 Å². The van der Waals surface area contributed by atoms with Crippen molar-refractivity contribution in [3.05, 3.63) is 57.8 Å². The van der Waals surface area contributed by atoms with Crippen LogP contribution in [-0.2, 0) is 0 Å². The van der Waals surface area contributed by atoms with Crippen LogP contribution in [0.15, 0.2) is 40.9 Å². The molecule has 0 saturated heterocycles. The molecule has 5 heteroatoms. The first kappa shape index (κ1) is 13.5. The van der Waals surface area contributed by atoms with Crippen molar-refractivity contribution in [3.8, 4) is 11.5 Å². The van der Waals surface area contributed by atoms with Gasteiger partial charge in [-0.05, 0) is 42.8 Å². The molecule has 0 aliphatic heterocycles. The Balaban J connectivity index is 2.44. The van der Waals surface area contributed by atoms with Crippen molar-refractivity contribution in [2.24, 2.45) is 0 Å². The largest absolute Gasteiger partial charge is 0.477 e. The van der Waals surface area contributed by atoms with E-state index in [0.717, 1.165) is 16.1 Å². The summed E-state index contributed by atoms with van der Waals surface area (Å²) in [7, 11) is 0. The summed E-state index contributed by atoms with van der Waals surface area (Å²) in [4.78, 5) is 11.0. The van der Waals surface area contributed by atoms with Crippen LogP contribution in [0.4, 0.5) is 4.39 Å². The average Bonchev–Trinajstić information content (AvgIpc) is 2.32. The van der Waals surface area contributed by atoms with Gasteiger partial charge in [-0.1, -0.05) is 22.0 Å². The summed E-state index contributed by atoms with van der Waals surface area (Å²) in [6, 6.07) is 9.21. The van der Waals surface area contributed by atoms with Crippen LogP contribution in [0.2, 0.25) is 0 Å². The van der Waals surface area contributed by atoms with Crippen LogP contribution < -0.4 is 4.74 Å². The van der Waals surface area contributed by atoms with E-state index in [-0.39, 0.29) is 5.75 Å². The van der Waals surface area contributed by atoms with E-state index in [9.17, 15) is 9.18 Å². The number of hydrogen-bond donors (Lipinski definition) is 1. The molecule has 0 aromatic heterocycles. The van der Waals surface area contributed by atoms with Gasteiger partial charge in [0.05, 0.1) is 0 Å². The predicted molar refractivity (Wildman–Crippen MR) is 72.3 cm³/mol. The molecule has 0 saturated carbocycles. The van der Waals surface area contributed by atoms with Crippen molar-refractivity contribution in [1.82, 2.24) is 0 Å². The predicted octanol–water partition coefficient (Wildman–Crippen LogP) is 4.39. The molecule has 0 aliphatic carbocycles. The molecule has 2 rings (SSSR count). The fourth-order valence-electron chi connectivity index (χ4n) is 1.64. The lowest BCUT2D eigenvalue weighted by Gasteiger charge is -2.11. The monoisotopic (exact) mass is 324 g/mol. The summed E-state index contributed by atoms with van der Waals surface area (Å²) in [6.07, 6.45) is 0. The van der Waals surface area contributed by atoms with Gasteiger partial charge in [0.25, 0.3) is 0 Å². The van der Waals surface area contributed by atoms with E-state index < -0.39 is 17.3 Å². The van der Waals surface area contributed by atoms with Crippen molar-refractivity contribution in [2.45, 2.75) is 6.92 Å². The Morgan fingerprint density at radius 1 is 1.26 bits per heavy atom. The number of halogens is 2. The second kappa shape index (κ2) is 5.40. The number of hydrogen-bond acceptors (Lipinski definition) is 2. The summed E-state index contributed by atoms with van der Waals surface area (Å²) in [5.74, 6) is -1.71. The highest BCUT2D eigenvalue weighted by Gasteiger charge is 2.17. The first-order valence-corrected chi connectivity index (χ1v) is 6.24. The molecule has 0 amide bonds. The van der Waals surface area contributed by atoms with Crippen LogP contribution >= 0.6 is 15.9 Å². The van der Waals surface area contributed by atoms with E-state index in [1.54, 1.807) is 12.1 Å². The smallest absolute Gasteiger partial charge is 0.342 e. The third kappa shape index (κ3) is 2.93. The third-order valence-electron chi connectivity index (χ3n) is 2.55. The number of rotatable bonds is 3. The maximum absolute atomic E-state index is 13.5. The fourth-order valence-corrected chi connectivity index (χ4v) is 2.12. The lowest BCUT2D eigenvalue weighted by Crippen LogP contribution is -2.03. The molecule has 3 nitrogen and oxygen atoms in total. The Morgan fingerprint density at radius 2 is 2.00 bits per heavy atom. The summed E-state index contributed by atoms with van der Waals surface area (Å²) in [6.45, 7) is 1.82. The number of aromatic carboxylic acids is 1. The quantitative estimate of drug-likeness (QED) is 0.910. The normalized spacial score (nSPS) is 10.3. The summed E-state index contributed by atoms with van der Waals surface area (Å²) in [5.41, 5.74) is 0.347. The zero-order valence-electron chi connectivity index (χ0n) is 9.98. The Bertz CT molecular complexity index is 641. The third-order valence-corrected chi connectivity index (χ3v) is 3.04. The molecule has 0 bridgehead atoms. The fraction of sp³-hybridized carbons (Fsp3) is 0.0714. The van der Waals surface area contributed by atoms with Crippen LogP contribution in [0.3, 0.4) is 0 Å². The van der Waals surface area contributed by atoms with Crippen molar-refractivity contribution in [1.29, 1.82) is 0 Å². The highest BCUT2D eigenvalue weighted by Crippen LogP contribution is 2.30. The Hall–Kier alpha value is -1.88. The van der Waals surface area contributed by atoms with Crippen LogP contribution in [0.5, 0.6) is 11.5 Å². The summed E-state index contributed by atoms with van der Waals surface area (Å²) >= 11 is 3.32. The van der Waals surface area contributed by atoms with Crippen LogP contribution in [0, 0.1) is 12.7 Å². The number of benzene rings is 2.